The largest absolute Gasteiger partial charge is 0.348 e. The molecule has 0 bridgehead atoms. The van der Waals surface area contributed by atoms with E-state index in [1.807, 2.05) is 65.6 Å². The van der Waals surface area contributed by atoms with E-state index in [1.54, 1.807) is 0 Å². The van der Waals surface area contributed by atoms with Crippen LogP contribution in [-0.2, 0) is 20.6 Å². The van der Waals surface area contributed by atoms with E-state index in [0.29, 0.717) is 24.6 Å². The number of aryl methyl sites for hydroxylation is 3. The predicted molar refractivity (Wildman–Crippen MR) is 141 cm³/mol. The first-order valence-electron chi connectivity index (χ1n) is 12.2. The van der Waals surface area contributed by atoms with Gasteiger partial charge in [-0.2, -0.15) is 10.3 Å². The number of hydrogen-bond donors (Lipinski definition) is 1. The van der Waals surface area contributed by atoms with Crippen LogP contribution >= 0.6 is 0 Å². The highest BCUT2D eigenvalue weighted by atomic mass is 16.2. The number of nitrogens with one attached hydrogen (secondary N) is 1. The Kier molecular flexibility index (Phi) is 4.44. The molecule has 37 heavy (non-hydrogen) atoms. The molecule has 184 valence electrons. The fraction of sp³-hybridized carbons (Fsp3) is 0.222. The zero-order valence-corrected chi connectivity index (χ0v) is 21.0. The summed E-state index contributed by atoms with van der Waals surface area (Å²) in [5.41, 5.74) is 8.88. The summed E-state index contributed by atoms with van der Waals surface area (Å²) in [5.74, 6) is 0.515. The van der Waals surface area contributed by atoms with Crippen LogP contribution in [0.25, 0.3) is 44.3 Å². The van der Waals surface area contributed by atoms with Crippen molar-refractivity contribution in [3.05, 3.63) is 65.7 Å². The number of fused-ring (bicyclic) bond motifs is 4. The van der Waals surface area contributed by atoms with Gasteiger partial charge in [0.25, 0.3) is 5.91 Å². The molecule has 5 heterocycles. The SMILES string of the molecule is Cc1nn(C)c(C)c1-c1cccc2cc3n(c12)CCN(c1cn(C)c2ccc(-c4nn[nH]n4)cc12)C3=O. The number of aromatic amines is 1. The fourth-order valence-corrected chi connectivity index (χ4v) is 5.78. The van der Waals surface area contributed by atoms with Gasteiger partial charge in [-0.05, 0) is 43.3 Å². The van der Waals surface area contributed by atoms with Crippen LogP contribution in [0.15, 0.2) is 48.7 Å². The van der Waals surface area contributed by atoms with Crippen LogP contribution in [-0.4, -0.2) is 52.0 Å². The highest BCUT2D eigenvalue weighted by Crippen LogP contribution is 2.38. The normalized spacial score (nSPS) is 13.7. The van der Waals surface area contributed by atoms with E-state index in [4.69, 9.17) is 0 Å². The second-order valence-electron chi connectivity index (χ2n) is 9.64. The molecular weight excluding hydrogens is 466 g/mol. The number of tetrazole rings is 1. The van der Waals surface area contributed by atoms with Crippen molar-refractivity contribution in [2.75, 3.05) is 11.4 Å². The van der Waals surface area contributed by atoms with Gasteiger partial charge in [-0.3, -0.25) is 9.48 Å². The zero-order valence-electron chi connectivity index (χ0n) is 21.0. The Bertz CT molecular complexity index is 1850. The molecule has 4 aromatic heterocycles. The minimum Gasteiger partial charge on any atom is -0.348 e. The molecule has 0 aliphatic carbocycles. The maximum atomic E-state index is 14.0. The molecule has 1 aliphatic rings. The van der Waals surface area contributed by atoms with Crippen LogP contribution in [0.3, 0.4) is 0 Å². The van der Waals surface area contributed by atoms with E-state index in [0.717, 1.165) is 55.6 Å². The summed E-state index contributed by atoms with van der Waals surface area (Å²) in [6.45, 7) is 5.39. The number of nitrogens with zero attached hydrogens (tertiary/aromatic N) is 8. The highest BCUT2D eigenvalue weighted by molar-refractivity contribution is 6.14. The number of anilines is 1. The molecule has 10 nitrogen and oxygen atoms in total. The predicted octanol–water partition coefficient (Wildman–Crippen LogP) is 3.99. The Labute approximate surface area is 212 Å². The quantitative estimate of drug-likeness (QED) is 0.403. The van der Waals surface area contributed by atoms with Crippen molar-refractivity contribution in [3.8, 4) is 22.5 Å². The third kappa shape index (κ3) is 3.01. The van der Waals surface area contributed by atoms with Gasteiger partial charge in [0, 0.05) is 72.1 Å². The Balaban J connectivity index is 1.36. The van der Waals surface area contributed by atoms with Gasteiger partial charge in [0.1, 0.15) is 5.69 Å². The smallest absolute Gasteiger partial charge is 0.275 e. The lowest BCUT2D eigenvalue weighted by Gasteiger charge is -2.28. The van der Waals surface area contributed by atoms with Crippen molar-refractivity contribution in [1.82, 2.24) is 39.5 Å². The summed E-state index contributed by atoms with van der Waals surface area (Å²) in [4.78, 5) is 15.9. The first kappa shape index (κ1) is 21.5. The van der Waals surface area contributed by atoms with Crippen molar-refractivity contribution in [3.63, 3.8) is 0 Å². The molecule has 7 rings (SSSR count). The molecule has 0 radical (unpaired) electrons. The maximum absolute atomic E-state index is 14.0. The number of carbonyl (C=O) groups is 1. The molecule has 1 amide bonds. The lowest BCUT2D eigenvalue weighted by atomic mass is 10.0. The van der Waals surface area contributed by atoms with Crippen LogP contribution in [0.4, 0.5) is 5.69 Å². The third-order valence-electron chi connectivity index (χ3n) is 7.57. The summed E-state index contributed by atoms with van der Waals surface area (Å²) in [6.07, 6.45) is 2.02. The van der Waals surface area contributed by atoms with E-state index in [-0.39, 0.29) is 5.91 Å². The van der Waals surface area contributed by atoms with Crippen molar-refractivity contribution < 1.29 is 4.79 Å². The Morgan fingerprint density at radius 3 is 2.65 bits per heavy atom. The van der Waals surface area contributed by atoms with Gasteiger partial charge in [0.2, 0.25) is 5.82 Å². The van der Waals surface area contributed by atoms with Gasteiger partial charge in [0.15, 0.2) is 0 Å². The van der Waals surface area contributed by atoms with Crippen LogP contribution in [0, 0.1) is 13.8 Å². The topological polar surface area (TPSA) is 102 Å². The lowest BCUT2D eigenvalue weighted by Crippen LogP contribution is -2.40. The number of carbonyl (C=O) groups excluding carboxylic acids is 1. The van der Waals surface area contributed by atoms with Crippen LogP contribution in [0.2, 0.25) is 0 Å². The van der Waals surface area contributed by atoms with E-state index in [1.165, 1.54) is 0 Å². The van der Waals surface area contributed by atoms with Crippen molar-refractivity contribution in [2.45, 2.75) is 20.4 Å². The number of H-pyrrole nitrogens is 1. The summed E-state index contributed by atoms with van der Waals surface area (Å²) < 4.78 is 6.14. The molecular formula is C27H25N9O. The van der Waals surface area contributed by atoms with Crippen molar-refractivity contribution in [1.29, 1.82) is 0 Å². The first-order valence-corrected chi connectivity index (χ1v) is 12.2. The van der Waals surface area contributed by atoms with Crippen LogP contribution in [0.5, 0.6) is 0 Å². The Morgan fingerprint density at radius 2 is 1.89 bits per heavy atom. The van der Waals surface area contributed by atoms with E-state index in [2.05, 4.69) is 55.4 Å². The Morgan fingerprint density at radius 1 is 1.03 bits per heavy atom. The third-order valence-corrected chi connectivity index (χ3v) is 7.57. The zero-order chi connectivity index (χ0) is 25.4. The summed E-state index contributed by atoms with van der Waals surface area (Å²) >= 11 is 0. The molecule has 6 aromatic rings. The first-order chi connectivity index (χ1) is 17.9. The molecule has 1 aliphatic heterocycles. The minimum atomic E-state index is -0.00880. The van der Waals surface area contributed by atoms with Gasteiger partial charge in [-0.1, -0.05) is 18.2 Å². The van der Waals surface area contributed by atoms with E-state index in [9.17, 15) is 4.79 Å². The summed E-state index contributed by atoms with van der Waals surface area (Å²) in [5, 5.41) is 21.1. The van der Waals surface area contributed by atoms with Gasteiger partial charge in [0.05, 0.1) is 16.9 Å². The summed E-state index contributed by atoms with van der Waals surface area (Å²) in [6, 6.07) is 14.3. The second-order valence-corrected chi connectivity index (χ2v) is 9.64. The van der Waals surface area contributed by atoms with E-state index >= 15 is 0 Å². The standard InChI is InChI=1S/C27H25N9O/c1-15-24(16(2)34(4)30-15)19-7-5-6-17-13-22-27(37)36(11-10-35(22)25(17)19)23-14-33(3)21-9-8-18(12-20(21)23)26-28-31-32-29-26/h5-9,12-14H,10-11H2,1-4H3,(H,28,29,31,32). The van der Waals surface area contributed by atoms with Gasteiger partial charge in [-0.15, -0.1) is 10.2 Å². The maximum Gasteiger partial charge on any atom is 0.275 e. The van der Waals surface area contributed by atoms with Crippen molar-refractivity contribution >= 4 is 33.4 Å². The number of aromatic nitrogens is 8. The van der Waals surface area contributed by atoms with E-state index < -0.39 is 0 Å². The van der Waals surface area contributed by atoms with Gasteiger partial charge < -0.3 is 14.0 Å². The van der Waals surface area contributed by atoms with Crippen LogP contribution < -0.4 is 4.90 Å². The number of hydrogen-bond acceptors (Lipinski definition) is 5. The minimum absolute atomic E-state index is 0.00880. The molecule has 10 heteroatoms. The fourth-order valence-electron chi connectivity index (χ4n) is 5.78. The van der Waals surface area contributed by atoms with Crippen LogP contribution in [0.1, 0.15) is 21.9 Å². The molecule has 0 fully saturated rings. The molecule has 2 aromatic carbocycles. The monoisotopic (exact) mass is 491 g/mol. The molecule has 0 saturated heterocycles. The lowest BCUT2D eigenvalue weighted by molar-refractivity contribution is 0.0966. The Hall–Kier alpha value is -4.73. The number of amides is 1. The molecule has 0 unspecified atom stereocenters. The highest BCUT2D eigenvalue weighted by Gasteiger charge is 2.31. The average Bonchev–Trinajstić information content (AvgIpc) is 3.66. The number of para-hydroxylation sites is 1. The molecule has 0 atom stereocenters. The number of benzene rings is 2. The summed E-state index contributed by atoms with van der Waals surface area (Å²) in [7, 11) is 3.96. The van der Waals surface area contributed by atoms with Crippen molar-refractivity contribution in [2.24, 2.45) is 14.1 Å². The molecule has 1 N–H and O–H groups in total. The van der Waals surface area contributed by atoms with Gasteiger partial charge >= 0.3 is 0 Å². The average molecular weight is 492 g/mol. The number of rotatable bonds is 3. The molecule has 0 saturated carbocycles. The van der Waals surface area contributed by atoms with Gasteiger partial charge in [-0.25, -0.2) is 0 Å². The molecule has 0 spiro atoms. The second kappa shape index (κ2) is 7.63.